The number of aldehydes is 1. The molecule has 33 heavy (non-hydrogen) atoms. The van der Waals surface area contributed by atoms with Crippen molar-refractivity contribution in [3.05, 3.63) is 23.8 Å². The van der Waals surface area contributed by atoms with E-state index < -0.39 is 0 Å². The molecule has 0 aromatic carbocycles. The predicted molar refractivity (Wildman–Crippen MR) is 120 cm³/mol. The lowest BCUT2D eigenvalue weighted by molar-refractivity contribution is -0.0252. The van der Waals surface area contributed by atoms with Crippen LogP contribution in [0.2, 0.25) is 0 Å². The van der Waals surface area contributed by atoms with Crippen molar-refractivity contribution in [2.75, 3.05) is 93.0 Å². The van der Waals surface area contributed by atoms with E-state index in [2.05, 4.69) is 9.97 Å². The van der Waals surface area contributed by atoms with E-state index in [1.807, 2.05) is 0 Å². The SMILES string of the molecule is COCCOCCOCCOCCOCCOCCOCC1(c2nccc(C=O)n2)CCC1. The van der Waals surface area contributed by atoms with Crippen LogP contribution in [0.5, 0.6) is 0 Å². The molecule has 0 amide bonds. The molecule has 1 saturated carbocycles. The second-order valence-electron chi connectivity index (χ2n) is 7.66. The number of ether oxygens (including phenoxy) is 7. The Morgan fingerprint density at radius 3 is 1.70 bits per heavy atom. The molecule has 10 heteroatoms. The summed E-state index contributed by atoms with van der Waals surface area (Å²) in [4.78, 5) is 19.7. The second-order valence-corrected chi connectivity index (χ2v) is 7.66. The Hall–Kier alpha value is -1.53. The third kappa shape index (κ3) is 11.4. The first kappa shape index (κ1) is 27.7. The van der Waals surface area contributed by atoms with Gasteiger partial charge in [-0.25, -0.2) is 9.97 Å². The quantitative estimate of drug-likeness (QED) is 0.183. The van der Waals surface area contributed by atoms with Crippen molar-refractivity contribution >= 4 is 6.29 Å². The van der Waals surface area contributed by atoms with Crippen LogP contribution >= 0.6 is 0 Å². The zero-order chi connectivity index (χ0) is 23.5. The smallest absolute Gasteiger partial charge is 0.168 e. The van der Waals surface area contributed by atoms with E-state index in [1.165, 1.54) is 0 Å². The molecular weight excluding hydrogens is 432 g/mol. The fraction of sp³-hybridized carbons (Fsp3) is 0.783. The molecule has 0 radical (unpaired) electrons. The lowest BCUT2D eigenvalue weighted by Crippen LogP contribution is -2.41. The molecule has 0 aliphatic heterocycles. The summed E-state index contributed by atoms with van der Waals surface area (Å²) in [6.07, 6.45) is 5.45. The summed E-state index contributed by atoms with van der Waals surface area (Å²) in [6, 6.07) is 1.62. The number of hydrogen-bond donors (Lipinski definition) is 0. The van der Waals surface area contributed by atoms with Gasteiger partial charge in [0.1, 0.15) is 11.5 Å². The second kappa shape index (κ2) is 17.9. The van der Waals surface area contributed by atoms with Gasteiger partial charge < -0.3 is 33.2 Å². The molecule has 0 atom stereocenters. The molecule has 0 spiro atoms. The van der Waals surface area contributed by atoms with Crippen LogP contribution < -0.4 is 0 Å². The predicted octanol–water partition coefficient (Wildman–Crippen LogP) is 1.46. The molecule has 0 bridgehead atoms. The first-order chi connectivity index (χ1) is 16.3. The van der Waals surface area contributed by atoms with Crippen LogP contribution in [0.1, 0.15) is 35.6 Å². The van der Waals surface area contributed by atoms with Crippen LogP contribution in [0.4, 0.5) is 0 Å². The van der Waals surface area contributed by atoms with Crippen LogP contribution in [0, 0.1) is 0 Å². The molecule has 1 aliphatic carbocycles. The molecule has 1 aromatic heterocycles. The summed E-state index contributed by atoms with van der Waals surface area (Å²) in [5, 5.41) is 0. The van der Waals surface area contributed by atoms with Gasteiger partial charge in [0.05, 0.1) is 91.3 Å². The number of aromatic nitrogens is 2. The summed E-state index contributed by atoms with van der Waals surface area (Å²) in [7, 11) is 1.64. The number of carbonyl (C=O) groups is 1. The van der Waals surface area contributed by atoms with Gasteiger partial charge in [-0.05, 0) is 18.9 Å². The fourth-order valence-electron chi connectivity index (χ4n) is 3.24. The normalized spacial score (nSPS) is 14.8. The first-order valence-corrected chi connectivity index (χ1v) is 11.5. The molecule has 0 N–H and O–H groups in total. The van der Waals surface area contributed by atoms with Crippen molar-refractivity contribution in [1.82, 2.24) is 9.97 Å². The molecule has 1 aromatic rings. The van der Waals surface area contributed by atoms with E-state index in [1.54, 1.807) is 19.4 Å². The van der Waals surface area contributed by atoms with E-state index in [0.717, 1.165) is 25.5 Å². The van der Waals surface area contributed by atoms with Gasteiger partial charge in [-0.15, -0.1) is 0 Å². The van der Waals surface area contributed by atoms with Crippen molar-refractivity contribution in [2.24, 2.45) is 0 Å². The summed E-state index contributed by atoms with van der Waals surface area (Å²) < 4.78 is 37.8. The van der Waals surface area contributed by atoms with Crippen LogP contribution in [0.3, 0.4) is 0 Å². The van der Waals surface area contributed by atoms with Crippen LogP contribution in [-0.2, 0) is 38.6 Å². The minimum atomic E-state index is -0.176. The maximum atomic E-state index is 11.0. The van der Waals surface area contributed by atoms with Crippen molar-refractivity contribution in [3.8, 4) is 0 Å². The van der Waals surface area contributed by atoms with Crippen molar-refractivity contribution < 1.29 is 38.0 Å². The van der Waals surface area contributed by atoms with Crippen molar-refractivity contribution in [2.45, 2.75) is 24.7 Å². The highest BCUT2D eigenvalue weighted by Crippen LogP contribution is 2.42. The Labute approximate surface area is 196 Å². The molecule has 1 heterocycles. The molecule has 2 rings (SSSR count). The van der Waals surface area contributed by atoms with E-state index in [9.17, 15) is 4.79 Å². The number of hydrogen-bond acceptors (Lipinski definition) is 10. The van der Waals surface area contributed by atoms with Gasteiger partial charge in [-0.2, -0.15) is 0 Å². The largest absolute Gasteiger partial charge is 0.382 e. The first-order valence-electron chi connectivity index (χ1n) is 11.5. The average Bonchev–Trinajstić information content (AvgIpc) is 2.82. The lowest BCUT2D eigenvalue weighted by Gasteiger charge is -2.40. The Balaban J connectivity index is 1.35. The van der Waals surface area contributed by atoms with E-state index in [-0.39, 0.29) is 5.41 Å². The number of carbonyl (C=O) groups excluding carboxylic acids is 1. The summed E-state index contributed by atoms with van der Waals surface area (Å²) >= 11 is 0. The van der Waals surface area contributed by atoms with Gasteiger partial charge in [0.15, 0.2) is 6.29 Å². The Morgan fingerprint density at radius 2 is 1.27 bits per heavy atom. The lowest BCUT2D eigenvalue weighted by atomic mass is 9.68. The third-order valence-corrected chi connectivity index (χ3v) is 5.25. The minimum Gasteiger partial charge on any atom is -0.382 e. The maximum Gasteiger partial charge on any atom is 0.168 e. The third-order valence-electron chi connectivity index (χ3n) is 5.25. The van der Waals surface area contributed by atoms with E-state index in [0.29, 0.717) is 97.4 Å². The minimum absolute atomic E-state index is 0.176. The Kier molecular flexibility index (Phi) is 15.0. The van der Waals surface area contributed by atoms with E-state index in [4.69, 9.17) is 33.2 Å². The van der Waals surface area contributed by atoms with Gasteiger partial charge in [0.25, 0.3) is 0 Å². The average molecular weight is 471 g/mol. The van der Waals surface area contributed by atoms with Crippen molar-refractivity contribution in [3.63, 3.8) is 0 Å². The Morgan fingerprint density at radius 1 is 0.788 bits per heavy atom. The zero-order valence-corrected chi connectivity index (χ0v) is 19.7. The molecular formula is C23H38N2O8. The van der Waals surface area contributed by atoms with Gasteiger partial charge in [0.2, 0.25) is 0 Å². The summed E-state index contributed by atoms with van der Waals surface area (Å²) in [5.74, 6) is 0.702. The van der Waals surface area contributed by atoms with E-state index >= 15 is 0 Å². The highest BCUT2D eigenvalue weighted by molar-refractivity contribution is 5.71. The number of methoxy groups -OCH3 is 1. The molecule has 10 nitrogen and oxygen atoms in total. The van der Waals surface area contributed by atoms with Crippen LogP contribution in [0.25, 0.3) is 0 Å². The van der Waals surface area contributed by atoms with Gasteiger partial charge >= 0.3 is 0 Å². The van der Waals surface area contributed by atoms with Gasteiger partial charge in [0, 0.05) is 13.3 Å². The molecule has 0 unspecified atom stereocenters. The molecule has 0 saturated heterocycles. The van der Waals surface area contributed by atoms with Gasteiger partial charge in [-0.3, -0.25) is 4.79 Å². The maximum absolute atomic E-state index is 11.0. The van der Waals surface area contributed by atoms with Crippen molar-refractivity contribution in [1.29, 1.82) is 0 Å². The standard InChI is InChI=1S/C23H38N2O8/c1-27-7-8-28-9-10-29-11-12-30-13-14-31-15-16-32-17-18-33-20-23(4-2-5-23)22-24-6-3-21(19-26)25-22/h3,6,19H,2,4-5,7-18,20H2,1H3. The molecule has 1 aliphatic rings. The molecule has 188 valence electrons. The van der Waals surface area contributed by atoms with Crippen LogP contribution in [-0.4, -0.2) is 109 Å². The topological polar surface area (TPSA) is 107 Å². The Bertz CT molecular complexity index is 630. The molecule has 1 fully saturated rings. The number of rotatable bonds is 22. The highest BCUT2D eigenvalue weighted by atomic mass is 16.6. The zero-order valence-electron chi connectivity index (χ0n) is 19.7. The highest BCUT2D eigenvalue weighted by Gasteiger charge is 2.41. The monoisotopic (exact) mass is 470 g/mol. The van der Waals surface area contributed by atoms with Crippen LogP contribution in [0.15, 0.2) is 12.3 Å². The summed E-state index contributed by atoms with van der Waals surface area (Å²) in [6.45, 7) is 6.93. The summed E-state index contributed by atoms with van der Waals surface area (Å²) in [5.41, 5.74) is 0.234. The van der Waals surface area contributed by atoms with Gasteiger partial charge in [-0.1, -0.05) is 6.42 Å². The number of nitrogens with zero attached hydrogens (tertiary/aromatic N) is 2. The fourth-order valence-corrected chi connectivity index (χ4v) is 3.24.